The van der Waals surface area contributed by atoms with Crippen molar-refractivity contribution >= 4 is 5.69 Å². The molecule has 1 rings (SSSR count). The van der Waals surface area contributed by atoms with Gasteiger partial charge in [-0.05, 0) is 24.6 Å². The normalized spacial score (nSPS) is 9.56. The maximum atomic E-state index is 12.4. The standard InChI is InChI=1S/C7H7FN/c1-5-2-3-7(9)6(8)4-5/h2-4,9H,1H3. The van der Waals surface area contributed by atoms with Crippen molar-refractivity contribution in [1.29, 1.82) is 0 Å². The number of hydrogen-bond acceptors (Lipinski definition) is 0. The lowest BCUT2D eigenvalue weighted by Crippen LogP contribution is -1.79. The molecule has 1 aromatic rings. The van der Waals surface area contributed by atoms with Crippen LogP contribution in [-0.2, 0) is 0 Å². The first kappa shape index (κ1) is 6.08. The molecule has 0 bridgehead atoms. The highest BCUT2D eigenvalue weighted by Crippen LogP contribution is 2.11. The van der Waals surface area contributed by atoms with Gasteiger partial charge in [-0.15, -0.1) is 0 Å². The fraction of sp³-hybridized carbons (Fsp3) is 0.143. The summed E-state index contributed by atoms with van der Waals surface area (Å²) in [6, 6.07) is 4.51. The van der Waals surface area contributed by atoms with Crippen molar-refractivity contribution in [2.45, 2.75) is 6.92 Å². The van der Waals surface area contributed by atoms with E-state index in [4.69, 9.17) is 5.73 Å². The molecule has 0 heterocycles. The van der Waals surface area contributed by atoms with Crippen LogP contribution in [0.25, 0.3) is 0 Å². The molecule has 0 saturated heterocycles. The Morgan fingerprint density at radius 1 is 1.44 bits per heavy atom. The third-order valence-electron chi connectivity index (χ3n) is 1.12. The molecule has 0 fully saturated rings. The Labute approximate surface area is 53.3 Å². The van der Waals surface area contributed by atoms with Gasteiger partial charge in [0.15, 0.2) is 0 Å². The summed E-state index contributed by atoms with van der Waals surface area (Å²) >= 11 is 0. The van der Waals surface area contributed by atoms with E-state index >= 15 is 0 Å². The molecule has 0 atom stereocenters. The van der Waals surface area contributed by atoms with Gasteiger partial charge in [0.25, 0.3) is 0 Å². The Hall–Kier alpha value is -1.05. The number of aryl methyl sites for hydroxylation is 1. The number of nitrogens with one attached hydrogen (secondary N) is 1. The van der Waals surface area contributed by atoms with Gasteiger partial charge in [-0.1, -0.05) is 6.07 Å². The second-order valence-electron chi connectivity index (χ2n) is 1.98. The van der Waals surface area contributed by atoms with E-state index in [1.165, 1.54) is 12.1 Å². The van der Waals surface area contributed by atoms with Gasteiger partial charge >= 0.3 is 0 Å². The molecule has 1 N–H and O–H groups in total. The summed E-state index contributed by atoms with van der Waals surface area (Å²) in [5.74, 6) is -0.449. The van der Waals surface area contributed by atoms with E-state index in [1.807, 2.05) is 0 Å². The number of hydrogen-bond donors (Lipinski definition) is 0. The molecule has 0 amide bonds. The Bertz CT molecular complexity index is 220. The highest BCUT2D eigenvalue weighted by molar-refractivity contribution is 5.37. The molecule has 0 aliphatic heterocycles. The lowest BCUT2D eigenvalue weighted by Gasteiger charge is -1.93. The van der Waals surface area contributed by atoms with E-state index < -0.39 is 5.82 Å². The van der Waals surface area contributed by atoms with Crippen LogP contribution in [0.5, 0.6) is 0 Å². The predicted octanol–water partition coefficient (Wildman–Crippen LogP) is 2.05. The van der Waals surface area contributed by atoms with Gasteiger partial charge in [-0.25, -0.2) is 4.39 Å². The minimum Gasteiger partial charge on any atom is -0.298 e. The Kier molecular flexibility index (Phi) is 1.39. The van der Waals surface area contributed by atoms with Crippen molar-refractivity contribution < 1.29 is 4.39 Å². The number of halogens is 1. The maximum Gasteiger partial charge on any atom is 0.148 e. The lowest BCUT2D eigenvalue weighted by molar-refractivity contribution is 0.627. The Morgan fingerprint density at radius 3 is 2.56 bits per heavy atom. The first-order valence-corrected chi connectivity index (χ1v) is 2.68. The van der Waals surface area contributed by atoms with E-state index in [0.717, 1.165) is 5.56 Å². The summed E-state index contributed by atoms with van der Waals surface area (Å²) in [7, 11) is 0. The summed E-state index contributed by atoms with van der Waals surface area (Å²) in [4.78, 5) is 0. The van der Waals surface area contributed by atoms with Crippen LogP contribution in [0.4, 0.5) is 10.1 Å². The molecule has 0 spiro atoms. The molecule has 1 nitrogen and oxygen atoms in total. The average Bonchev–Trinajstić information content (AvgIpc) is 1.80. The molecule has 1 aromatic carbocycles. The maximum absolute atomic E-state index is 12.4. The largest absolute Gasteiger partial charge is 0.298 e. The van der Waals surface area contributed by atoms with Gasteiger partial charge in [-0.3, -0.25) is 5.73 Å². The van der Waals surface area contributed by atoms with Crippen molar-refractivity contribution in [3.05, 3.63) is 29.6 Å². The monoisotopic (exact) mass is 124 g/mol. The summed E-state index contributed by atoms with van der Waals surface area (Å²) < 4.78 is 12.4. The van der Waals surface area contributed by atoms with Gasteiger partial charge < -0.3 is 0 Å². The van der Waals surface area contributed by atoms with Gasteiger partial charge in [0, 0.05) is 0 Å². The van der Waals surface area contributed by atoms with Gasteiger partial charge in [0.05, 0.1) is 5.69 Å². The van der Waals surface area contributed by atoms with Crippen LogP contribution < -0.4 is 5.73 Å². The number of rotatable bonds is 0. The van der Waals surface area contributed by atoms with E-state index in [2.05, 4.69) is 0 Å². The first-order valence-electron chi connectivity index (χ1n) is 2.68. The van der Waals surface area contributed by atoms with E-state index in [0.29, 0.717) is 0 Å². The molecule has 0 saturated carbocycles. The van der Waals surface area contributed by atoms with Gasteiger partial charge in [0.2, 0.25) is 0 Å². The predicted molar refractivity (Wildman–Crippen MR) is 33.9 cm³/mol. The molecular formula is C7H7FN. The smallest absolute Gasteiger partial charge is 0.148 e. The molecule has 0 aromatic heterocycles. The van der Waals surface area contributed by atoms with Crippen LogP contribution in [-0.4, -0.2) is 0 Å². The van der Waals surface area contributed by atoms with Crippen LogP contribution in [0, 0.1) is 12.7 Å². The first-order chi connectivity index (χ1) is 4.20. The molecule has 2 heteroatoms. The van der Waals surface area contributed by atoms with E-state index in [-0.39, 0.29) is 5.69 Å². The number of benzene rings is 1. The lowest BCUT2D eigenvalue weighted by atomic mass is 10.2. The van der Waals surface area contributed by atoms with Crippen LogP contribution in [0.15, 0.2) is 18.2 Å². The summed E-state index contributed by atoms with van der Waals surface area (Å²) in [5, 5.41) is 0. The molecule has 0 aliphatic rings. The summed E-state index contributed by atoms with van der Waals surface area (Å²) in [6.45, 7) is 1.79. The van der Waals surface area contributed by atoms with Crippen molar-refractivity contribution in [2.24, 2.45) is 0 Å². The molecule has 1 radical (unpaired) electrons. The highest BCUT2D eigenvalue weighted by Gasteiger charge is 1.94. The average molecular weight is 124 g/mol. The van der Waals surface area contributed by atoms with Gasteiger partial charge in [-0.2, -0.15) is 0 Å². The van der Waals surface area contributed by atoms with Crippen molar-refractivity contribution in [1.82, 2.24) is 5.73 Å². The molecule has 9 heavy (non-hydrogen) atoms. The van der Waals surface area contributed by atoms with Crippen molar-refractivity contribution in [3.8, 4) is 0 Å². The van der Waals surface area contributed by atoms with Crippen LogP contribution in [0.3, 0.4) is 0 Å². The molecular weight excluding hydrogens is 117 g/mol. The third-order valence-corrected chi connectivity index (χ3v) is 1.12. The third kappa shape index (κ3) is 1.19. The summed E-state index contributed by atoms with van der Waals surface area (Å²) in [5.41, 5.74) is 7.75. The molecule has 0 aliphatic carbocycles. The van der Waals surface area contributed by atoms with Crippen molar-refractivity contribution in [2.75, 3.05) is 0 Å². The zero-order valence-electron chi connectivity index (χ0n) is 5.11. The Morgan fingerprint density at radius 2 is 2.11 bits per heavy atom. The fourth-order valence-electron chi connectivity index (χ4n) is 0.620. The topological polar surface area (TPSA) is 23.8 Å². The van der Waals surface area contributed by atoms with E-state index in [1.54, 1.807) is 13.0 Å². The molecule has 0 unspecified atom stereocenters. The quantitative estimate of drug-likeness (QED) is 0.505. The fourth-order valence-corrected chi connectivity index (χ4v) is 0.620. The van der Waals surface area contributed by atoms with Crippen LogP contribution in [0.1, 0.15) is 5.56 Å². The minimum atomic E-state index is -0.449. The van der Waals surface area contributed by atoms with E-state index in [9.17, 15) is 4.39 Å². The molecule has 47 valence electrons. The van der Waals surface area contributed by atoms with Crippen LogP contribution in [0.2, 0.25) is 0 Å². The minimum absolute atomic E-state index is 0.0411. The second kappa shape index (κ2) is 2.05. The highest BCUT2D eigenvalue weighted by atomic mass is 19.1. The Balaban J connectivity index is 3.17. The van der Waals surface area contributed by atoms with Crippen molar-refractivity contribution in [3.63, 3.8) is 0 Å². The second-order valence-corrected chi connectivity index (χ2v) is 1.98. The SMILES string of the molecule is Cc1ccc([NH])c(F)c1. The van der Waals surface area contributed by atoms with Gasteiger partial charge in [0.1, 0.15) is 5.82 Å². The zero-order chi connectivity index (χ0) is 6.85. The zero-order valence-corrected chi connectivity index (χ0v) is 5.11. The summed E-state index contributed by atoms with van der Waals surface area (Å²) in [6.07, 6.45) is 0. The van der Waals surface area contributed by atoms with Crippen LogP contribution >= 0.6 is 0 Å².